The molecule has 5 nitrogen and oxygen atoms in total. The molecule has 1 aromatic rings. The predicted molar refractivity (Wildman–Crippen MR) is 77.1 cm³/mol. The summed E-state index contributed by atoms with van der Waals surface area (Å²) >= 11 is 3.34. The molecule has 0 saturated carbocycles. The molecule has 2 rings (SSSR count). The fourth-order valence-corrected chi connectivity index (χ4v) is 4.21. The molecule has 0 saturated heterocycles. The van der Waals surface area contributed by atoms with Gasteiger partial charge in [-0.2, -0.15) is 0 Å². The number of fused-ring (bicyclic) bond motifs is 1. The number of para-hydroxylation sites is 1. The van der Waals surface area contributed by atoms with Crippen molar-refractivity contribution in [3.63, 3.8) is 0 Å². The molecule has 0 radical (unpaired) electrons. The Morgan fingerprint density at radius 1 is 1.47 bits per heavy atom. The molecule has 1 aliphatic rings. The van der Waals surface area contributed by atoms with E-state index >= 15 is 0 Å². The molecule has 7 heteroatoms. The second-order valence-electron chi connectivity index (χ2n) is 4.30. The lowest BCUT2D eigenvalue weighted by Crippen LogP contribution is -2.40. The lowest BCUT2D eigenvalue weighted by Gasteiger charge is -2.30. The fraction of sp³-hybridized carbons (Fsp3) is 0.417. The third-order valence-electron chi connectivity index (χ3n) is 3.03. The van der Waals surface area contributed by atoms with Crippen molar-refractivity contribution in [2.75, 3.05) is 30.8 Å². The number of hydrogen-bond donors (Lipinski definition) is 1. The second kappa shape index (κ2) is 5.60. The van der Waals surface area contributed by atoms with Gasteiger partial charge in [0.1, 0.15) is 0 Å². The van der Waals surface area contributed by atoms with E-state index in [1.54, 1.807) is 30.1 Å². The lowest BCUT2D eigenvalue weighted by atomic mass is 10.2. The molecule has 1 amide bonds. The fourth-order valence-electron chi connectivity index (χ4n) is 2.06. The predicted octanol–water partition coefficient (Wildman–Crippen LogP) is 1.18. The van der Waals surface area contributed by atoms with Crippen LogP contribution >= 0.6 is 15.9 Å². The van der Waals surface area contributed by atoms with Gasteiger partial charge in [-0.1, -0.05) is 6.07 Å². The Labute approximate surface area is 121 Å². The molecule has 0 spiro atoms. The van der Waals surface area contributed by atoms with Crippen molar-refractivity contribution in [2.45, 2.75) is 11.3 Å². The summed E-state index contributed by atoms with van der Waals surface area (Å²) in [5.74, 6) is -0.0979. The van der Waals surface area contributed by atoms with E-state index in [1.807, 2.05) is 0 Å². The smallest absolute Gasteiger partial charge is 0.228 e. The third-order valence-corrected chi connectivity index (χ3v) is 5.39. The number of nitrogens with zero attached hydrogens (tertiary/aromatic N) is 1. The van der Waals surface area contributed by atoms with E-state index in [0.717, 1.165) is 0 Å². The Hall–Kier alpha value is -0.920. The number of hydrogen-bond acceptors (Lipinski definition) is 4. The number of sulfone groups is 1. The third kappa shape index (κ3) is 2.82. The van der Waals surface area contributed by atoms with E-state index in [0.29, 0.717) is 23.1 Å². The number of halogens is 1. The minimum Gasteiger partial charge on any atom is -0.319 e. The molecule has 0 bridgehead atoms. The molecule has 1 N–H and O–H groups in total. The molecule has 0 aromatic heterocycles. The van der Waals surface area contributed by atoms with Crippen LogP contribution in [0.25, 0.3) is 0 Å². The first-order valence-corrected chi connectivity index (χ1v) is 8.38. The molecule has 0 atom stereocenters. The molecule has 19 heavy (non-hydrogen) atoms. The Bertz CT molecular complexity index is 601. The van der Waals surface area contributed by atoms with Gasteiger partial charge in [0.2, 0.25) is 5.91 Å². The number of rotatable bonds is 3. The van der Waals surface area contributed by atoms with E-state index in [4.69, 9.17) is 0 Å². The number of anilines is 1. The summed E-state index contributed by atoms with van der Waals surface area (Å²) in [6, 6.07) is 4.97. The first-order chi connectivity index (χ1) is 8.97. The molecule has 1 aliphatic heterocycles. The van der Waals surface area contributed by atoms with Crippen molar-refractivity contribution >= 4 is 37.4 Å². The summed E-state index contributed by atoms with van der Waals surface area (Å²) in [6.07, 6.45) is 0.345. The highest BCUT2D eigenvalue weighted by atomic mass is 79.9. The van der Waals surface area contributed by atoms with Gasteiger partial charge in [0.15, 0.2) is 9.84 Å². The maximum Gasteiger partial charge on any atom is 0.228 e. The van der Waals surface area contributed by atoms with Crippen LogP contribution in [0.15, 0.2) is 27.6 Å². The van der Waals surface area contributed by atoms with E-state index in [1.165, 1.54) is 0 Å². The van der Waals surface area contributed by atoms with E-state index in [9.17, 15) is 13.2 Å². The zero-order chi connectivity index (χ0) is 14.0. The number of nitrogens with one attached hydrogen (secondary N) is 1. The largest absolute Gasteiger partial charge is 0.319 e. The van der Waals surface area contributed by atoms with Crippen LogP contribution in [0, 0.1) is 0 Å². The van der Waals surface area contributed by atoms with Gasteiger partial charge >= 0.3 is 0 Å². The maximum atomic E-state index is 12.2. The maximum absolute atomic E-state index is 12.2. The van der Waals surface area contributed by atoms with Crippen LogP contribution in [0.1, 0.15) is 6.42 Å². The first-order valence-electron chi connectivity index (χ1n) is 5.93. The van der Waals surface area contributed by atoms with Gasteiger partial charge in [0, 0.05) is 24.0 Å². The minimum atomic E-state index is -3.29. The van der Waals surface area contributed by atoms with E-state index < -0.39 is 9.84 Å². The summed E-state index contributed by atoms with van der Waals surface area (Å²) in [5, 5.41) is 2.92. The van der Waals surface area contributed by atoms with Gasteiger partial charge in [0.25, 0.3) is 0 Å². The van der Waals surface area contributed by atoms with Crippen LogP contribution in [0.4, 0.5) is 5.69 Å². The molecule has 0 unspecified atom stereocenters. The zero-order valence-corrected chi connectivity index (χ0v) is 12.9. The van der Waals surface area contributed by atoms with Crippen LogP contribution in [0.5, 0.6) is 0 Å². The normalized spacial score (nSPS) is 17.1. The molecule has 1 aromatic carbocycles. The van der Waals surface area contributed by atoms with E-state index in [2.05, 4.69) is 21.2 Å². The van der Waals surface area contributed by atoms with Gasteiger partial charge in [-0.15, -0.1) is 0 Å². The van der Waals surface area contributed by atoms with Crippen LogP contribution in [-0.4, -0.2) is 40.2 Å². The average molecular weight is 347 g/mol. The Kier molecular flexibility index (Phi) is 4.27. The number of amides is 1. The summed E-state index contributed by atoms with van der Waals surface area (Å²) in [4.78, 5) is 13.9. The van der Waals surface area contributed by atoms with Crippen molar-refractivity contribution in [1.82, 2.24) is 5.32 Å². The van der Waals surface area contributed by atoms with Gasteiger partial charge in [-0.25, -0.2) is 8.42 Å². The Morgan fingerprint density at radius 3 is 2.89 bits per heavy atom. The Balaban J connectivity index is 2.44. The number of carbonyl (C=O) groups excluding carboxylic acids is 1. The minimum absolute atomic E-state index is 0.0260. The van der Waals surface area contributed by atoms with Crippen molar-refractivity contribution < 1.29 is 13.2 Å². The highest BCUT2D eigenvalue weighted by molar-refractivity contribution is 9.10. The average Bonchev–Trinajstić information content (AvgIpc) is 2.37. The van der Waals surface area contributed by atoms with Crippen LogP contribution in [0.2, 0.25) is 0 Å². The van der Waals surface area contributed by atoms with Crippen LogP contribution < -0.4 is 10.2 Å². The van der Waals surface area contributed by atoms with Crippen molar-refractivity contribution in [1.29, 1.82) is 0 Å². The number of benzene rings is 1. The lowest BCUT2D eigenvalue weighted by molar-refractivity contribution is -0.118. The summed E-state index contributed by atoms with van der Waals surface area (Å²) in [6.45, 7) is 0.780. The molecular weight excluding hydrogens is 332 g/mol. The van der Waals surface area contributed by atoms with Gasteiger partial charge in [0.05, 0.1) is 16.3 Å². The molecular formula is C12H15BrN2O3S. The van der Waals surface area contributed by atoms with Crippen molar-refractivity contribution in [2.24, 2.45) is 0 Å². The van der Waals surface area contributed by atoms with Crippen molar-refractivity contribution in [3.05, 3.63) is 22.7 Å². The molecule has 104 valence electrons. The first kappa shape index (κ1) is 14.5. The van der Waals surface area contributed by atoms with Crippen LogP contribution in [-0.2, 0) is 14.6 Å². The molecule has 1 heterocycles. The molecule has 0 aliphatic carbocycles. The second-order valence-corrected chi connectivity index (χ2v) is 7.24. The zero-order valence-electron chi connectivity index (χ0n) is 10.5. The standard InChI is InChI=1S/C12H15BrN2O3S/c1-14-6-5-11(16)15-7-8-19(17,18)10-4-2-3-9(13)12(10)15/h2-4,14H,5-8H2,1H3. The van der Waals surface area contributed by atoms with Gasteiger partial charge < -0.3 is 10.2 Å². The highest BCUT2D eigenvalue weighted by Crippen LogP contribution is 2.37. The monoisotopic (exact) mass is 346 g/mol. The number of carbonyl (C=O) groups is 1. The van der Waals surface area contributed by atoms with Crippen LogP contribution in [0.3, 0.4) is 0 Å². The van der Waals surface area contributed by atoms with Gasteiger partial charge in [-0.05, 0) is 35.1 Å². The summed E-state index contributed by atoms with van der Waals surface area (Å²) in [7, 11) is -1.52. The van der Waals surface area contributed by atoms with Gasteiger partial charge in [-0.3, -0.25) is 4.79 Å². The summed E-state index contributed by atoms with van der Waals surface area (Å²) < 4.78 is 24.7. The SMILES string of the molecule is CNCCC(=O)N1CCS(=O)(=O)c2cccc(Br)c21. The van der Waals surface area contributed by atoms with Crippen molar-refractivity contribution in [3.8, 4) is 0 Å². The topological polar surface area (TPSA) is 66.5 Å². The quantitative estimate of drug-likeness (QED) is 0.892. The van der Waals surface area contributed by atoms with E-state index in [-0.39, 0.29) is 23.1 Å². The summed E-state index contributed by atoms with van der Waals surface area (Å²) in [5.41, 5.74) is 0.467. The highest BCUT2D eigenvalue weighted by Gasteiger charge is 2.32. The Morgan fingerprint density at radius 2 is 2.21 bits per heavy atom. The molecule has 0 fully saturated rings.